The second-order valence-corrected chi connectivity index (χ2v) is 5.29. The molecule has 0 aliphatic carbocycles. The molecule has 0 heterocycles. The van der Waals surface area contributed by atoms with Crippen LogP contribution in [0, 0.1) is 13.8 Å². The minimum absolute atomic E-state index is 0.691. The molecule has 0 amide bonds. The molecule has 2 rings (SSSR count). The van der Waals surface area contributed by atoms with Crippen molar-refractivity contribution >= 4 is 11.6 Å². The van der Waals surface area contributed by atoms with Gasteiger partial charge in [0.05, 0.1) is 7.11 Å². The van der Waals surface area contributed by atoms with Gasteiger partial charge in [-0.2, -0.15) is 0 Å². The predicted octanol–water partition coefficient (Wildman–Crippen LogP) is 4.26. The minimum Gasteiger partial charge on any atom is -0.496 e. The maximum Gasteiger partial charge on any atom is 0.124 e. The summed E-state index contributed by atoms with van der Waals surface area (Å²) in [5, 5.41) is 4.17. The summed E-state index contributed by atoms with van der Waals surface area (Å²) >= 11 is 6.23. The van der Waals surface area contributed by atoms with Gasteiger partial charge in [-0.15, -0.1) is 0 Å². The number of hydrogen-bond acceptors (Lipinski definition) is 2. The quantitative estimate of drug-likeness (QED) is 0.888. The van der Waals surface area contributed by atoms with E-state index in [-0.39, 0.29) is 0 Å². The van der Waals surface area contributed by atoms with Gasteiger partial charge in [0.25, 0.3) is 0 Å². The van der Waals surface area contributed by atoms with E-state index in [1.165, 1.54) is 16.7 Å². The van der Waals surface area contributed by atoms with Gasteiger partial charge < -0.3 is 10.1 Å². The third kappa shape index (κ3) is 3.33. The van der Waals surface area contributed by atoms with Crippen LogP contribution >= 0.6 is 11.6 Å². The number of hydrogen-bond donors (Lipinski definition) is 1. The van der Waals surface area contributed by atoms with Crippen LogP contribution in [0.1, 0.15) is 22.3 Å². The van der Waals surface area contributed by atoms with Crippen molar-refractivity contribution in [3.05, 3.63) is 63.7 Å². The summed E-state index contributed by atoms with van der Waals surface area (Å²) in [7, 11) is 1.67. The monoisotopic (exact) mass is 289 g/mol. The Balaban J connectivity index is 2.05. The van der Waals surface area contributed by atoms with Gasteiger partial charge in [0.15, 0.2) is 0 Å². The van der Waals surface area contributed by atoms with E-state index in [2.05, 4.69) is 37.4 Å². The smallest absolute Gasteiger partial charge is 0.124 e. The Bertz CT molecular complexity index is 596. The van der Waals surface area contributed by atoms with Gasteiger partial charge in [0, 0.05) is 23.7 Å². The van der Waals surface area contributed by atoms with E-state index < -0.39 is 0 Å². The Kier molecular flexibility index (Phi) is 5.05. The lowest BCUT2D eigenvalue weighted by Gasteiger charge is -2.13. The number of halogens is 1. The molecule has 0 fully saturated rings. The average molecular weight is 290 g/mol. The number of rotatable bonds is 5. The second-order valence-electron chi connectivity index (χ2n) is 4.88. The van der Waals surface area contributed by atoms with Crippen molar-refractivity contribution in [2.24, 2.45) is 0 Å². The van der Waals surface area contributed by atoms with Gasteiger partial charge in [-0.1, -0.05) is 35.9 Å². The van der Waals surface area contributed by atoms with Gasteiger partial charge in [0.1, 0.15) is 5.75 Å². The van der Waals surface area contributed by atoms with Crippen LogP contribution in [0.25, 0.3) is 0 Å². The van der Waals surface area contributed by atoms with Gasteiger partial charge >= 0.3 is 0 Å². The maximum atomic E-state index is 6.23. The first-order chi connectivity index (χ1) is 9.63. The summed E-state index contributed by atoms with van der Waals surface area (Å²) in [6, 6.07) is 12.1. The lowest BCUT2D eigenvalue weighted by Crippen LogP contribution is -2.14. The first-order valence-corrected chi connectivity index (χ1v) is 7.08. The fourth-order valence-corrected chi connectivity index (χ4v) is 2.46. The van der Waals surface area contributed by atoms with E-state index in [9.17, 15) is 0 Å². The van der Waals surface area contributed by atoms with Crippen LogP contribution in [-0.2, 0) is 13.1 Å². The summed E-state index contributed by atoms with van der Waals surface area (Å²) in [5.74, 6) is 0.825. The highest BCUT2D eigenvalue weighted by atomic mass is 35.5. The summed E-state index contributed by atoms with van der Waals surface area (Å²) in [4.78, 5) is 0. The summed E-state index contributed by atoms with van der Waals surface area (Å²) in [6.07, 6.45) is 0. The number of benzene rings is 2. The fraction of sp³-hybridized carbons (Fsp3) is 0.294. The largest absolute Gasteiger partial charge is 0.496 e. The van der Waals surface area contributed by atoms with Crippen molar-refractivity contribution in [1.82, 2.24) is 5.32 Å². The molecule has 2 nitrogen and oxygen atoms in total. The van der Waals surface area contributed by atoms with Crippen LogP contribution < -0.4 is 10.1 Å². The zero-order valence-corrected chi connectivity index (χ0v) is 12.9. The van der Waals surface area contributed by atoms with E-state index in [4.69, 9.17) is 16.3 Å². The molecule has 106 valence electrons. The normalized spacial score (nSPS) is 10.6. The van der Waals surface area contributed by atoms with Gasteiger partial charge in [-0.3, -0.25) is 0 Å². The molecule has 2 aromatic rings. The molecular weight excluding hydrogens is 270 g/mol. The first kappa shape index (κ1) is 14.9. The molecule has 0 radical (unpaired) electrons. The number of methoxy groups -OCH3 is 1. The molecule has 0 saturated heterocycles. The van der Waals surface area contributed by atoms with Crippen LogP contribution in [0.3, 0.4) is 0 Å². The van der Waals surface area contributed by atoms with Crippen LogP contribution in [0.4, 0.5) is 0 Å². The van der Waals surface area contributed by atoms with Crippen molar-refractivity contribution in [2.75, 3.05) is 7.11 Å². The third-order valence-corrected chi connectivity index (χ3v) is 3.98. The molecule has 0 aliphatic rings. The highest BCUT2D eigenvalue weighted by Gasteiger charge is 2.07. The molecule has 0 spiro atoms. The lowest BCUT2D eigenvalue weighted by molar-refractivity contribution is 0.407. The van der Waals surface area contributed by atoms with E-state index in [0.29, 0.717) is 6.54 Å². The van der Waals surface area contributed by atoms with E-state index in [1.807, 2.05) is 18.2 Å². The molecule has 0 bridgehead atoms. The van der Waals surface area contributed by atoms with Gasteiger partial charge in [0.2, 0.25) is 0 Å². The second kappa shape index (κ2) is 6.78. The van der Waals surface area contributed by atoms with Crippen LogP contribution in [0.5, 0.6) is 5.75 Å². The Morgan fingerprint density at radius 3 is 2.55 bits per heavy atom. The molecule has 0 atom stereocenters. The minimum atomic E-state index is 0.691. The molecule has 1 N–H and O–H groups in total. The zero-order chi connectivity index (χ0) is 14.5. The molecule has 0 aliphatic heterocycles. The molecule has 2 aromatic carbocycles. The Morgan fingerprint density at radius 2 is 1.80 bits per heavy atom. The fourth-order valence-electron chi connectivity index (χ4n) is 2.23. The molecule has 20 heavy (non-hydrogen) atoms. The number of aryl methyl sites for hydroxylation is 1. The maximum absolute atomic E-state index is 6.23. The van der Waals surface area contributed by atoms with E-state index in [1.54, 1.807) is 7.11 Å². The summed E-state index contributed by atoms with van der Waals surface area (Å²) in [6.45, 7) is 5.80. The van der Waals surface area contributed by atoms with E-state index >= 15 is 0 Å². The zero-order valence-electron chi connectivity index (χ0n) is 12.2. The van der Waals surface area contributed by atoms with Crippen molar-refractivity contribution < 1.29 is 4.74 Å². The van der Waals surface area contributed by atoms with Gasteiger partial charge in [-0.25, -0.2) is 0 Å². The average Bonchev–Trinajstić information content (AvgIpc) is 2.45. The SMILES string of the molecule is COc1cccc(Cl)c1CNCc1cccc(C)c1C. The molecule has 3 heteroatoms. The predicted molar refractivity (Wildman–Crippen MR) is 84.5 cm³/mol. The molecule has 0 aromatic heterocycles. The first-order valence-electron chi connectivity index (χ1n) is 6.70. The van der Waals surface area contributed by atoms with Crippen molar-refractivity contribution in [3.8, 4) is 5.75 Å². The number of nitrogens with one attached hydrogen (secondary N) is 1. The van der Waals surface area contributed by atoms with E-state index in [0.717, 1.165) is 22.9 Å². The molecule has 0 saturated carbocycles. The lowest BCUT2D eigenvalue weighted by atomic mass is 10.0. The van der Waals surface area contributed by atoms with Crippen LogP contribution in [-0.4, -0.2) is 7.11 Å². The van der Waals surface area contributed by atoms with Crippen LogP contribution in [0.2, 0.25) is 5.02 Å². The Labute approximate surface area is 125 Å². The topological polar surface area (TPSA) is 21.3 Å². The Hall–Kier alpha value is -1.51. The van der Waals surface area contributed by atoms with Crippen molar-refractivity contribution in [1.29, 1.82) is 0 Å². The molecule has 0 unspecified atom stereocenters. The highest BCUT2D eigenvalue weighted by Crippen LogP contribution is 2.26. The van der Waals surface area contributed by atoms with Crippen LogP contribution in [0.15, 0.2) is 36.4 Å². The van der Waals surface area contributed by atoms with Gasteiger partial charge in [-0.05, 0) is 42.7 Å². The summed E-state index contributed by atoms with van der Waals surface area (Å²) in [5.41, 5.74) is 4.98. The van der Waals surface area contributed by atoms with Crippen molar-refractivity contribution in [3.63, 3.8) is 0 Å². The Morgan fingerprint density at radius 1 is 1.05 bits per heavy atom. The standard InChI is InChI=1S/C17H20ClNO/c1-12-6-4-7-14(13(12)2)10-19-11-15-16(18)8-5-9-17(15)20-3/h4-9,19H,10-11H2,1-3H3. The summed E-state index contributed by atoms with van der Waals surface area (Å²) < 4.78 is 5.35. The highest BCUT2D eigenvalue weighted by molar-refractivity contribution is 6.31. The third-order valence-electron chi connectivity index (χ3n) is 3.63. The number of ether oxygens (including phenoxy) is 1. The molecular formula is C17H20ClNO. The van der Waals surface area contributed by atoms with Crippen molar-refractivity contribution in [2.45, 2.75) is 26.9 Å².